The number of benzene rings is 1. The lowest BCUT2D eigenvalue weighted by molar-refractivity contribution is 0.171. The van der Waals surface area contributed by atoms with Gasteiger partial charge in [0, 0.05) is 18.2 Å². The normalized spacial score (nSPS) is 12.0. The van der Waals surface area contributed by atoms with Gasteiger partial charge in [0.05, 0.1) is 24.8 Å². The zero-order valence-electron chi connectivity index (χ0n) is 16.7. The van der Waals surface area contributed by atoms with E-state index < -0.39 is 0 Å². The number of methoxy groups -OCH3 is 1. The summed E-state index contributed by atoms with van der Waals surface area (Å²) >= 11 is 0. The molecule has 0 atom stereocenters. The molecule has 0 radical (unpaired) electrons. The molecule has 7 nitrogen and oxygen atoms in total. The van der Waals surface area contributed by atoms with Crippen molar-refractivity contribution < 1.29 is 14.0 Å². The Morgan fingerprint density at radius 2 is 2.11 bits per heavy atom. The second-order valence-electron chi connectivity index (χ2n) is 6.22. The highest BCUT2D eigenvalue weighted by atomic mass is 16.5. The minimum absolute atomic E-state index is 0.197. The summed E-state index contributed by atoms with van der Waals surface area (Å²) in [6.07, 6.45) is 3.68. The van der Waals surface area contributed by atoms with Crippen LogP contribution in [0.2, 0.25) is 0 Å². The first-order chi connectivity index (χ1) is 13.5. The van der Waals surface area contributed by atoms with Gasteiger partial charge in [-0.3, -0.25) is 0 Å². The first kappa shape index (κ1) is 21.1. The molecule has 0 fully saturated rings. The average Bonchev–Trinajstić information content (AvgIpc) is 3.17. The van der Waals surface area contributed by atoms with Crippen LogP contribution in [-0.2, 0) is 11.3 Å². The Morgan fingerprint density at radius 3 is 2.75 bits per heavy atom. The Morgan fingerprint density at radius 1 is 1.36 bits per heavy atom. The number of amidine groups is 1. The third-order valence-corrected chi connectivity index (χ3v) is 3.87. The fraction of sp³-hybridized carbons (Fsp3) is 0.333. The highest BCUT2D eigenvalue weighted by molar-refractivity contribution is 5.78. The second-order valence-corrected chi connectivity index (χ2v) is 6.22. The molecule has 2 aromatic rings. The van der Waals surface area contributed by atoms with Crippen LogP contribution in [0.25, 0.3) is 11.3 Å². The number of aliphatic imine (C=N–C) groups is 1. The zero-order chi connectivity index (χ0) is 20.4. The summed E-state index contributed by atoms with van der Waals surface area (Å²) in [6, 6.07) is 9.43. The van der Waals surface area contributed by atoms with Crippen LogP contribution in [0.5, 0.6) is 5.75 Å². The lowest BCUT2D eigenvalue weighted by Crippen LogP contribution is -2.16. The Kier molecular flexibility index (Phi) is 8.14. The summed E-state index contributed by atoms with van der Waals surface area (Å²) in [7, 11) is 1.63. The number of unbranched alkanes of at least 4 members (excludes halogenated alkanes) is 1. The van der Waals surface area contributed by atoms with Gasteiger partial charge in [-0.2, -0.15) is 0 Å². The smallest absolute Gasteiger partial charge is 0.174 e. The maximum absolute atomic E-state index is 5.84. The monoisotopic (exact) mass is 384 g/mol. The van der Waals surface area contributed by atoms with E-state index >= 15 is 0 Å². The minimum atomic E-state index is 0.197. The van der Waals surface area contributed by atoms with E-state index in [-0.39, 0.29) is 6.61 Å². The van der Waals surface area contributed by atoms with E-state index in [9.17, 15) is 0 Å². The van der Waals surface area contributed by atoms with Gasteiger partial charge >= 0.3 is 0 Å². The van der Waals surface area contributed by atoms with Gasteiger partial charge in [0.2, 0.25) is 0 Å². The van der Waals surface area contributed by atoms with Crippen molar-refractivity contribution in [2.45, 2.75) is 33.3 Å². The molecule has 28 heavy (non-hydrogen) atoms. The Hall–Kier alpha value is -3.22. The molecule has 1 heterocycles. The fourth-order valence-corrected chi connectivity index (χ4v) is 2.29. The molecular weight excluding hydrogens is 356 g/mol. The summed E-state index contributed by atoms with van der Waals surface area (Å²) in [5.74, 6) is 2.31. The third-order valence-electron chi connectivity index (χ3n) is 3.87. The Labute approximate surface area is 165 Å². The van der Waals surface area contributed by atoms with E-state index in [0.29, 0.717) is 23.1 Å². The maximum Gasteiger partial charge on any atom is 0.174 e. The van der Waals surface area contributed by atoms with E-state index in [1.54, 1.807) is 20.2 Å². The van der Waals surface area contributed by atoms with Gasteiger partial charge in [-0.15, -0.1) is 0 Å². The highest BCUT2D eigenvalue weighted by Gasteiger charge is 2.10. The first-order valence-electron chi connectivity index (χ1n) is 9.19. The van der Waals surface area contributed by atoms with Crippen LogP contribution in [0.1, 0.15) is 32.4 Å². The number of nitrogens with two attached hydrogens (primary N) is 1. The highest BCUT2D eigenvalue weighted by Crippen LogP contribution is 2.23. The minimum Gasteiger partial charge on any atom is -0.497 e. The molecule has 150 valence electrons. The van der Waals surface area contributed by atoms with Crippen LogP contribution in [0.4, 0.5) is 0 Å². The molecular formula is C21H28N4O3. The van der Waals surface area contributed by atoms with E-state index in [1.165, 1.54) is 0 Å². The molecule has 0 spiro atoms. The second kappa shape index (κ2) is 10.8. The van der Waals surface area contributed by atoms with Crippen LogP contribution in [0, 0.1) is 0 Å². The van der Waals surface area contributed by atoms with Gasteiger partial charge in [-0.1, -0.05) is 25.1 Å². The lowest BCUT2D eigenvalue weighted by Gasteiger charge is -2.13. The molecule has 1 aromatic heterocycles. The van der Waals surface area contributed by atoms with Crippen LogP contribution in [-0.4, -0.2) is 24.6 Å². The van der Waals surface area contributed by atoms with Crippen molar-refractivity contribution in [2.24, 2.45) is 10.7 Å². The van der Waals surface area contributed by atoms with Crippen molar-refractivity contribution in [1.29, 1.82) is 0 Å². The van der Waals surface area contributed by atoms with Gasteiger partial charge in [-0.05, 0) is 37.6 Å². The molecule has 0 saturated heterocycles. The van der Waals surface area contributed by atoms with Gasteiger partial charge < -0.3 is 25.0 Å². The molecule has 0 saturated carbocycles. The van der Waals surface area contributed by atoms with Crippen molar-refractivity contribution in [2.75, 3.05) is 13.7 Å². The van der Waals surface area contributed by atoms with E-state index in [1.807, 2.05) is 30.3 Å². The molecule has 3 N–H and O–H groups in total. The molecule has 2 rings (SSSR count). The number of nitrogens with one attached hydrogen (secondary N) is 1. The van der Waals surface area contributed by atoms with E-state index in [2.05, 4.69) is 29.0 Å². The molecule has 0 bridgehead atoms. The van der Waals surface area contributed by atoms with E-state index in [4.69, 9.17) is 19.7 Å². The first-order valence-corrected chi connectivity index (χ1v) is 9.19. The topological polar surface area (TPSA) is 94.9 Å². The summed E-state index contributed by atoms with van der Waals surface area (Å²) in [6.45, 7) is 8.86. The van der Waals surface area contributed by atoms with Gasteiger partial charge in [-0.25, -0.2) is 4.99 Å². The molecule has 0 amide bonds. The number of rotatable bonds is 11. The SMILES string of the molecule is C=C(NCCCC)/C(=C\N=C(C)N)OCc1cc(-c2ccc(OC)cc2)no1. The van der Waals surface area contributed by atoms with Gasteiger partial charge in [0.1, 0.15) is 18.1 Å². The zero-order valence-corrected chi connectivity index (χ0v) is 16.7. The van der Waals surface area contributed by atoms with Gasteiger partial charge in [0.15, 0.2) is 11.5 Å². The fourth-order valence-electron chi connectivity index (χ4n) is 2.29. The summed E-state index contributed by atoms with van der Waals surface area (Å²) in [5, 5.41) is 7.33. The van der Waals surface area contributed by atoms with E-state index in [0.717, 1.165) is 36.4 Å². The third kappa shape index (κ3) is 6.50. The summed E-state index contributed by atoms with van der Waals surface area (Å²) < 4.78 is 16.4. The van der Waals surface area contributed by atoms with Crippen LogP contribution >= 0.6 is 0 Å². The summed E-state index contributed by atoms with van der Waals surface area (Å²) in [5.41, 5.74) is 7.92. The van der Waals surface area contributed by atoms with Crippen molar-refractivity contribution in [3.8, 4) is 17.0 Å². The number of ether oxygens (including phenoxy) is 2. The van der Waals surface area contributed by atoms with Crippen LogP contribution < -0.4 is 15.8 Å². The van der Waals surface area contributed by atoms with Gasteiger partial charge in [0.25, 0.3) is 0 Å². The number of hydrogen-bond donors (Lipinski definition) is 2. The maximum atomic E-state index is 5.84. The number of aromatic nitrogens is 1. The quantitative estimate of drug-likeness (QED) is 0.200. The predicted molar refractivity (Wildman–Crippen MR) is 111 cm³/mol. The molecule has 1 aromatic carbocycles. The molecule has 0 aliphatic heterocycles. The standard InChI is InChI=1S/C21H28N4O3/c1-5-6-11-23-15(2)21(13-24-16(3)22)27-14-19-12-20(25-28-19)17-7-9-18(26-4)10-8-17/h7-10,12-13,23H,2,5-6,11,14H2,1,3-4H3,(H2,22,24)/b21-13+. The molecule has 7 heteroatoms. The molecule has 0 aliphatic rings. The Bertz CT molecular complexity index is 818. The molecule has 0 unspecified atom stereocenters. The van der Waals surface area contributed by atoms with Crippen molar-refractivity contribution in [3.63, 3.8) is 0 Å². The molecule has 0 aliphatic carbocycles. The van der Waals surface area contributed by atoms with Crippen LogP contribution in [0.15, 0.2) is 64.1 Å². The lowest BCUT2D eigenvalue weighted by atomic mass is 10.1. The summed E-state index contributed by atoms with van der Waals surface area (Å²) in [4.78, 5) is 4.10. The Balaban J connectivity index is 2.03. The number of nitrogens with zero attached hydrogens (tertiary/aromatic N) is 2. The van der Waals surface area contributed by atoms with Crippen molar-refractivity contribution in [1.82, 2.24) is 10.5 Å². The largest absolute Gasteiger partial charge is 0.497 e. The van der Waals surface area contributed by atoms with Crippen LogP contribution in [0.3, 0.4) is 0 Å². The van der Waals surface area contributed by atoms with Crippen molar-refractivity contribution >= 4 is 5.84 Å². The predicted octanol–water partition coefficient (Wildman–Crippen LogP) is 3.99. The number of hydrogen-bond acceptors (Lipinski definition) is 6. The van der Waals surface area contributed by atoms with Crippen molar-refractivity contribution in [3.05, 3.63) is 60.3 Å². The average molecular weight is 384 g/mol.